The maximum absolute atomic E-state index is 12.5. The average molecular weight is 442 g/mol. The number of benzene rings is 2. The quantitative estimate of drug-likeness (QED) is 0.615. The number of esters is 1. The van der Waals surface area contributed by atoms with Gasteiger partial charge in [-0.15, -0.1) is 0 Å². The van der Waals surface area contributed by atoms with Gasteiger partial charge in [0.1, 0.15) is 33.6 Å². The second-order valence-electron chi connectivity index (χ2n) is 6.57. The number of thioether (sulfide) groups is 1. The van der Waals surface area contributed by atoms with Crippen LogP contribution in [0.1, 0.15) is 18.1 Å². The highest BCUT2D eigenvalue weighted by atomic mass is 32.2. The van der Waals surface area contributed by atoms with Crippen molar-refractivity contribution < 1.29 is 29.2 Å². The zero-order valence-corrected chi connectivity index (χ0v) is 18.4. The Bertz CT molecular complexity index is 1100. The number of aryl methyl sites for hydroxylation is 1. The van der Waals surface area contributed by atoms with E-state index >= 15 is 0 Å². The third-order valence-corrected chi connectivity index (χ3v) is 5.45. The topological polar surface area (TPSA) is 97.6 Å². The van der Waals surface area contributed by atoms with Crippen molar-refractivity contribution in [2.24, 2.45) is 4.99 Å². The van der Waals surface area contributed by atoms with Gasteiger partial charge < -0.3 is 24.4 Å². The summed E-state index contributed by atoms with van der Waals surface area (Å²) in [5.74, 6) is -0.275. The van der Waals surface area contributed by atoms with E-state index in [4.69, 9.17) is 14.2 Å². The lowest BCUT2D eigenvalue weighted by Gasteiger charge is -2.10. The normalized spacial score (nSPS) is 16.1. The summed E-state index contributed by atoms with van der Waals surface area (Å²) in [6, 6.07) is 10.5. The number of hydrogen-bond donors (Lipinski definition) is 2. The van der Waals surface area contributed by atoms with E-state index in [-0.39, 0.29) is 23.7 Å². The van der Waals surface area contributed by atoms with Crippen molar-refractivity contribution in [1.29, 1.82) is 0 Å². The highest BCUT2D eigenvalue weighted by molar-refractivity contribution is 8.18. The van der Waals surface area contributed by atoms with Gasteiger partial charge in [0.15, 0.2) is 0 Å². The molecule has 1 aliphatic rings. The van der Waals surface area contributed by atoms with Crippen LogP contribution in [0.2, 0.25) is 0 Å². The molecule has 1 aliphatic heterocycles. The van der Waals surface area contributed by atoms with E-state index in [1.165, 1.54) is 26.4 Å². The van der Waals surface area contributed by atoms with E-state index in [1.54, 1.807) is 19.1 Å². The molecule has 1 heterocycles. The number of phenols is 1. The van der Waals surface area contributed by atoms with E-state index in [0.717, 1.165) is 17.3 Å². The number of hydrogen-bond acceptors (Lipinski definition) is 8. The third-order valence-electron chi connectivity index (χ3n) is 4.43. The molecule has 0 unspecified atom stereocenters. The first kappa shape index (κ1) is 22.3. The number of carbonyl (C=O) groups excluding carboxylic acids is 1. The fourth-order valence-electron chi connectivity index (χ4n) is 2.96. The number of aliphatic hydroxyl groups excluding tert-OH is 1. The number of aliphatic imine (C=N–C) groups is 1. The summed E-state index contributed by atoms with van der Waals surface area (Å²) in [6.07, 6.45) is 1.53. The van der Waals surface area contributed by atoms with Gasteiger partial charge in [0, 0.05) is 12.1 Å². The van der Waals surface area contributed by atoms with Gasteiger partial charge >= 0.3 is 5.97 Å². The average Bonchev–Trinajstić information content (AvgIpc) is 3.04. The lowest BCUT2D eigenvalue weighted by atomic mass is 10.1. The van der Waals surface area contributed by atoms with Crippen LogP contribution >= 0.6 is 11.8 Å². The Balaban J connectivity index is 2.12. The molecule has 0 saturated heterocycles. The van der Waals surface area contributed by atoms with Crippen molar-refractivity contribution >= 4 is 34.5 Å². The maximum Gasteiger partial charge on any atom is 0.344 e. The molecule has 0 aromatic heterocycles. The highest BCUT2D eigenvalue weighted by Crippen LogP contribution is 2.43. The molecule has 162 valence electrons. The molecule has 0 bridgehead atoms. The number of ether oxygens (including phenoxy) is 3. The molecule has 8 heteroatoms. The molecule has 0 spiro atoms. The van der Waals surface area contributed by atoms with Gasteiger partial charge in [-0.25, -0.2) is 9.79 Å². The zero-order valence-electron chi connectivity index (χ0n) is 17.6. The molecule has 31 heavy (non-hydrogen) atoms. The van der Waals surface area contributed by atoms with Crippen molar-refractivity contribution in [3.63, 3.8) is 0 Å². The largest absolute Gasteiger partial charge is 0.507 e. The Hall–Kier alpha value is -3.39. The van der Waals surface area contributed by atoms with Gasteiger partial charge in [-0.1, -0.05) is 23.9 Å². The standard InChI is InChI=1S/C23H23NO6S/c1-5-30-23(27)20-21(26)19(31-22(20)24-14-8-6-7-13(2)9-14)12-16-17(25)10-15(28-3)11-18(16)29-4/h6-12,25-26H,5H2,1-4H3. The van der Waals surface area contributed by atoms with Crippen molar-refractivity contribution in [2.45, 2.75) is 13.8 Å². The maximum atomic E-state index is 12.5. The summed E-state index contributed by atoms with van der Waals surface area (Å²) >= 11 is 1.10. The van der Waals surface area contributed by atoms with E-state index in [1.807, 2.05) is 25.1 Å². The molecule has 2 N–H and O–H groups in total. The Labute approximate surface area is 184 Å². The van der Waals surface area contributed by atoms with Crippen LogP contribution in [-0.2, 0) is 9.53 Å². The first-order valence-electron chi connectivity index (χ1n) is 9.48. The minimum atomic E-state index is -0.673. The second-order valence-corrected chi connectivity index (χ2v) is 7.60. The van der Waals surface area contributed by atoms with Crippen LogP contribution in [0.5, 0.6) is 17.2 Å². The summed E-state index contributed by atoms with van der Waals surface area (Å²) in [4.78, 5) is 17.4. The number of phenolic OH excluding ortho intramolecular Hbond substituents is 1. The molecule has 0 aliphatic carbocycles. The van der Waals surface area contributed by atoms with Gasteiger partial charge in [-0.2, -0.15) is 0 Å². The molecule has 2 aromatic carbocycles. The first-order valence-corrected chi connectivity index (χ1v) is 10.3. The van der Waals surface area contributed by atoms with Gasteiger partial charge in [0.25, 0.3) is 0 Å². The van der Waals surface area contributed by atoms with Gasteiger partial charge in [-0.3, -0.25) is 0 Å². The summed E-state index contributed by atoms with van der Waals surface area (Å²) in [6.45, 7) is 3.78. The molecule has 0 radical (unpaired) electrons. The fraction of sp³-hybridized carbons (Fsp3) is 0.217. The SMILES string of the molecule is CCOC(=O)C1=C(O)C(=Cc2c(O)cc(OC)cc2OC)SC1=Nc1cccc(C)c1. The monoisotopic (exact) mass is 441 g/mol. The van der Waals surface area contributed by atoms with Crippen LogP contribution in [-0.4, -0.2) is 42.1 Å². The number of aliphatic hydroxyl groups is 1. The summed E-state index contributed by atoms with van der Waals surface area (Å²) in [5.41, 5.74) is 1.96. The molecule has 7 nitrogen and oxygen atoms in total. The fourth-order valence-corrected chi connectivity index (χ4v) is 3.97. The molecule has 0 saturated carbocycles. The lowest BCUT2D eigenvalue weighted by molar-refractivity contribution is -0.138. The number of nitrogens with zero attached hydrogens (tertiary/aromatic N) is 1. The molecule has 3 rings (SSSR count). The predicted octanol–water partition coefficient (Wildman–Crippen LogP) is 4.91. The van der Waals surface area contributed by atoms with E-state index in [0.29, 0.717) is 32.7 Å². The summed E-state index contributed by atoms with van der Waals surface area (Å²) < 4.78 is 15.6. The first-order chi connectivity index (χ1) is 14.9. The minimum Gasteiger partial charge on any atom is -0.507 e. The van der Waals surface area contributed by atoms with Crippen LogP contribution in [0, 0.1) is 6.92 Å². The van der Waals surface area contributed by atoms with Crippen LogP contribution in [0.15, 0.2) is 57.6 Å². The van der Waals surface area contributed by atoms with Gasteiger partial charge in [-0.05, 0) is 37.6 Å². The number of methoxy groups -OCH3 is 2. The lowest BCUT2D eigenvalue weighted by Crippen LogP contribution is -2.12. The molecule has 0 fully saturated rings. The van der Waals surface area contributed by atoms with Crippen LogP contribution < -0.4 is 9.47 Å². The highest BCUT2D eigenvalue weighted by Gasteiger charge is 2.33. The van der Waals surface area contributed by atoms with Crippen molar-refractivity contribution in [3.8, 4) is 17.2 Å². The predicted molar refractivity (Wildman–Crippen MR) is 121 cm³/mol. The number of carbonyl (C=O) groups is 1. The van der Waals surface area contributed by atoms with Gasteiger partial charge in [0.2, 0.25) is 0 Å². The van der Waals surface area contributed by atoms with Crippen molar-refractivity contribution in [1.82, 2.24) is 0 Å². The van der Waals surface area contributed by atoms with Crippen molar-refractivity contribution in [3.05, 3.63) is 63.8 Å². The van der Waals surface area contributed by atoms with Crippen LogP contribution in [0.3, 0.4) is 0 Å². The molecule has 2 aromatic rings. The Morgan fingerprint density at radius 3 is 2.58 bits per heavy atom. The zero-order chi connectivity index (χ0) is 22.5. The van der Waals surface area contributed by atoms with E-state index in [9.17, 15) is 15.0 Å². The van der Waals surface area contributed by atoms with Crippen LogP contribution in [0.25, 0.3) is 6.08 Å². The number of rotatable bonds is 6. The number of aromatic hydroxyl groups is 1. The summed E-state index contributed by atoms with van der Waals surface area (Å²) in [5, 5.41) is 21.6. The molecule has 0 atom stereocenters. The minimum absolute atomic E-state index is 0.0217. The summed E-state index contributed by atoms with van der Waals surface area (Å²) in [7, 11) is 2.94. The smallest absolute Gasteiger partial charge is 0.344 e. The molecular weight excluding hydrogens is 418 g/mol. The van der Waals surface area contributed by atoms with E-state index < -0.39 is 5.97 Å². The van der Waals surface area contributed by atoms with E-state index in [2.05, 4.69) is 4.99 Å². The molecular formula is C23H23NO6S. The second kappa shape index (κ2) is 9.61. The van der Waals surface area contributed by atoms with Gasteiger partial charge in [0.05, 0.1) is 37.0 Å². The molecule has 0 amide bonds. The Morgan fingerprint density at radius 1 is 1.16 bits per heavy atom. The van der Waals surface area contributed by atoms with Crippen molar-refractivity contribution in [2.75, 3.05) is 20.8 Å². The third kappa shape index (κ3) is 4.86. The Kier molecular flexibility index (Phi) is 6.91. The Morgan fingerprint density at radius 2 is 1.94 bits per heavy atom. The van der Waals surface area contributed by atoms with Crippen LogP contribution in [0.4, 0.5) is 5.69 Å².